The molecule has 1 amide bonds. The van der Waals surface area contributed by atoms with Crippen molar-refractivity contribution in [1.82, 2.24) is 5.32 Å². The molecule has 1 saturated heterocycles. The van der Waals surface area contributed by atoms with Gasteiger partial charge >= 0.3 is 0 Å². The second kappa shape index (κ2) is 8.21. The molecule has 6 heteroatoms. The lowest BCUT2D eigenvalue weighted by molar-refractivity contribution is -0.115. The minimum absolute atomic E-state index is 0.199. The van der Waals surface area contributed by atoms with E-state index < -0.39 is 0 Å². The molecule has 1 aromatic heterocycles. The first-order valence-electron chi connectivity index (χ1n) is 9.13. The van der Waals surface area contributed by atoms with Crippen LogP contribution in [0.4, 0.5) is 5.69 Å². The number of aryl methyl sites for hydroxylation is 1. The molecule has 4 rings (SSSR count). The Bertz CT molecular complexity index is 1150. The van der Waals surface area contributed by atoms with Crippen molar-refractivity contribution in [3.8, 4) is 17.4 Å². The maximum atomic E-state index is 12.3. The Hall–Kier alpha value is -3.56. The summed E-state index contributed by atoms with van der Waals surface area (Å²) in [5, 5.41) is 12.2. The Morgan fingerprint density at radius 3 is 2.55 bits per heavy atom. The quantitative estimate of drug-likeness (QED) is 0.606. The van der Waals surface area contributed by atoms with Crippen molar-refractivity contribution < 1.29 is 9.21 Å². The summed E-state index contributed by atoms with van der Waals surface area (Å²) in [6, 6.07) is 20.8. The number of rotatable bonds is 4. The maximum Gasteiger partial charge on any atom is 0.264 e. The highest BCUT2D eigenvalue weighted by molar-refractivity contribution is 8.18. The van der Waals surface area contributed by atoms with Crippen LogP contribution in [0.5, 0.6) is 0 Å². The average Bonchev–Trinajstić information content (AvgIpc) is 3.35. The molecule has 0 spiro atoms. The Morgan fingerprint density at radius 1 is 1.10 bits per heavy atom. The van der Waals surface area contributed by atoms with E-state index in [0.717, 1.165) is 17.7 Å². The molecule has 29 heavy (non-hydrogen) atoms. The monoisotopic (exact) mass is 399 g/mol. The van der Waals surface area contributed by atoms with Crippen LogP contribution in [0.15, 0.2) is 75.0 Å². The zero-order valence-electron chi connectivity index (χ0n) is 15.7. The van der Waals surface area contributed by atoms with Crippen LogP contribution in [-0.4, -0.2) is 11.1 Å². The zero-order chi connectivity index (χ0) is 20.2. The number of amidine groups is 1. The van der Waals surface area contributed by atoms with Crippen LogP contribution < -0.4 is 5.32 Å². The third-order valence-corrected chi connectivity index (χ3v) is 5.33. The van der Waals surface area contributed by atoms with Crippen molar-refractivity contribution >= 4 is 34.6 Å². The van der Waals surface area contributed by atoms with Crippen molar-refractivity contribution in [1.29, 1.82) is 5.26 Å². The highest BCUT2D eigenvalue weighted by Crippen LogP contribution is 2.30. The third-order valence-electron chi connectivity index (χ3n) is 4.42. The lowest BCUT2D eigenvalue weighted by Gasteiger charge is -1.98. The van der Waals surface area contributed by atoms with E-state index in [4.69, 9.17) is 9.68 Å². The SMILES string of the molecule is CCc1ccc(N=C2NC(=O)/C(=C/c3ccc(-c4ccc(C#N)cc4)o3)S2)cc1. The standard InChI is InChI=1S/C23H17N3O2S/c1-2-15-5-9-18(10-6-15)25-23-26-22(27)21(29-23)13-19-11-12-20(28-19)17-7-3-16(14-24)4-8-17/h3-13H,2H2,1H3,(H,25,26,27)/b21-13-. The number of carbonyl (C=O) groups excluding carboxylic acids is 1. The van der Waals surface area contributed by atoms with Gasteiger partial charge < -0.3 is 9.73 Å². The van der Waals surface area contributed by atoms with Gasteiger partial charge in [0.1, 0.15) is 11.5 Å². The molecule has 142 valence electrons. The molecule has 0 bridgehead atoms. The number of benzene rings is 2. The van der Waals surface area contributed by atoms with Crippen molar-refractivity contribution in [2.45, 2.75) is 13.3 Å². The molecule has 5 nitrogen and oxygen atoms in total. The Kier molecular flexibility index (Phi) is 5.32. The molecule has 0 atom stereocenters. The first kappa shape index (κ1) is 18.8. The van der Waals surface area contributed by atoms with Gasteiger partial charge in [0.2, 0.25) is 0 Å². The summed E-state index contributed by atoms with van der Waals surface area (Å²) in [5.74, 6) is 1.06. The molecular weight excluding hydrogens is 382 g/mol. The van der Waals surface area contributed by atoms with E-state index in [9.17, 15) is 4.79 Å². The van der Waals surface area contributed by atoms with E-state index in [1.54, 1.807) is 18.2 Å². The van der Waals surface area contributed by atoms with Crippen molar-refractivity contribution in [3.63, 3.8) is 0 Å². The highest BCUT2D eigenvalue weighted by atomic mass is 32.2. The molecule has 0 aliphatic carbocycles. The fraction of sp³-hybridized carbons (Fsp3) is 0.0870. The van der Waals surface area contributed by atoms with E-state index in [1.807, 2.05) is 48.5 Å². The number of amides is 1. The minimum Gasteiger partial charge on any atom is -0.457 e. The summed E-state index contributed by atoms with van der Waals surface area (Å²) >= 11 is 1.28. The van der Waals surface area contributed by atoms with Crippen LogP contribution >= 0.6 is 11.8 Å². The molecular formula is C23H17N3O2S. The van der Waals surface area contributed by atoms with Crippen molar-refractivity contribution in [3.05, 3.63) is 82.5 Å². The largest absolute Gasteiger partial charge is 0.457 e. The maximum absolute atomic E-state index is 12.3. The summed E-state index contributed by atoms with van der Waals surface area (Å²) in [6.07, 6.45) is 2.68. The molecule has 1 aliphatic heterocycles. The van der Waals surface area contributed by atoms with Gasteiger partial charge in [-0.15, -0.1) is 0 Å². The van der Waals surface area contributed by atoms with Crippen LogP contribution in [0.2, 0.25) is 0 Å². The first-order valence-corrected chi connectivity index (χ1v) is 9.95. The highest BCUT2D eigenvalue weighted by Gasteiger charge is 2.24. The number of furan rings is 1. The topological polar surface area (TPSA) is 78.4 Å². The number of thioether (sulfide) groups is 1. The van der Waals surface area contributed by atoms with Gasteiger partial charge in [-0.2, -0.15) is 5.26 Å². The minimum atomic E-state index is -0.199. The van der Waals surface area contributed by atoms with Crippen LogP contribution in [0.3, 0.4) is 0 Å². The Labute approximate surface area is 172 Å². The number of nitrogens with zero attached hydrogens (tertiary/aromatic N) is 2. The molecule has 0 unspecified atom stereocenters. The second-order valence-electron chi connectivity index (χ2n) is 6.39. The predicted molar refractivity (Wildman–Crippen MR) is 115 cm³/mol. The van der Waals surface area contributed by atoms with Gasteiger partial charge in [0.25, 0.3) is 5.91 Å². The van der Waals surface area contributed by atoms with Crippen LogP contribution in [0, 0.1) is 11.3 Å². The lowest BCUT2D eigenvalue weighted by atomic mass is 10.1. The van der Waals surface area contributed by atoms with Gasteiger partial charge in [0, 0.05) is 11.6 Å². The Balaban J connectivity index is 1.51. The predicted octanol–water partition coefficient (Wildman–Crippen LogP) is 5.27. The van der Waals surface area contributed by atoms with Gasteiger partial charge in [0.15, 0.2) is 5.17 Å². The third kappa shape index (κ3) is 4.31. The molecule has 0 saturated carbocycles. The number of nitriles is 1. The smallest absolute Gasteiger partial charge is 0.264 e. The van der Waals surface area contributed by atoms with E-state index in [2.05, 4.69) is 23.3 Å². The van der Waals surface area contributed by atoms with Crippen LogP contribution in [0.1, 0.15) is 23.8 Å². The summed E-state index contributed by atoms with van der Waals surface area (Å²) < 4.78 is 5.84. The number of nitrogens with one attached hydrogen (secondary N) is 1. The normalized spacial score (nSPS) is 16.2. The average molecular weight is 399 g/mol. The molecule has 1 N–H and O–H groups in total. The van der Waals surface area contributed by atoms with Gasteiger partial charge in [-0.05, 0) is 72.3 Å². The molecule has 3 aromatic rings. The molecule has 1 fully saturated rings. The fourth-order valence-corrected chi connectivity index (χ4v) is 3.65. The van der Waals surface area contributed by atoms with Gasteiger partial charge in [0.05, 0.1) is 22.2 Å². The zero-order valence-corrected chi connectivity index (χ0v) is 16.5. The van der Waals surface area contributed by atoms with Gasteiger partial charge in [-0.3, -0.25) is 4.79 Å². The fourth-order valence-electron chi connectivity index (χ4n) is 2.83. The van der Waals surface area contributed by atoms with Crippen molar-refractivity contribution in [2.24, 2.45) is 4.99 Å². The van der Waals surface area contributed by atoms with E-state index in [1.165, 1.54) is 17.3 Å². The van der Waals surface area contributed by atoms with Gasteiger partial charge in [-0.1, -0.05) is 19.1 Å². The van der Waals surface area contributed by atoms with Gasteiger partial charge in [-0.25, -0.2) is 4.99 Å². The number of aliphatic imine (C=N–C) groups is 1. The second-order valence-corrected chi connectivity index (χ2v) is 7.42. The van der Waals surface area contributed by atoms with Crippen molar-refractivity contribution in [2.75, 3.05) is 0 Å². The summed E-state index contributed by atoms with van der Waals surface area (Å²) in [7, 11) is 0. The molecule has 2 aromatic carbocycles. The summed E-state index contributed by atoms with van der Waals surface area (Å²) in [5.41, 5.74) is 3.51. The van der Waals surface area contributed by atoms with E-state index in [-0.39, 0.29) is 5.91 Å². The Morgan fingerprint density at radius 2 is 1.86 bits per heavy atom. The summed E-state index contributed by atoms with van der Waals surface area (Å²) in [6.45, 7) is 2.10. The number of hydrogen-bond acceptors (Lipinski definition) is 5. The number of hydrogen-bond donors (Lipinski definition) is 1. The molecule has 2 heterocycles. The number of carbonyl (C=O) groups is 1. The van der Waals surface area contributed by atoms with E-state index in [0.29, 0.717) is 27.2 Å². The molecule has 1 aliphatic rings. The summed E-state index contributed by atoms with van der Waals surface area (Å²) in [4.78, 5) is 17.3. The first-order chi connectivity index (χ1) is 14.1. The lowest BCUT2D eigenvalue weighted by Crippen LogP contribution is -2.19. The molecule has 0 radical (unpaired) electrons. The van der Waals surface area contributed by atoms with Crippen LogP contribution in [-0.2, 0) is 11.2 Å². The van der Waals surface area contributed by atoms with E-state index >= 15 is 0 Å². The van der Waals surface area contributed by atoms with Crippen LogP contribution in [0.25, 0.3) is 17.4 Å².